The highest BCUT2D eigenvalue weighted by Crippen LogP contribution is 2.30. The summed E-state index contributed by atoms with van der Waals surface area (Å²) in [4.78, 5) is 4.81. The first kappa shape index (κ1) is 15.0. The zero-order valence-corrected chi connectivity index (χ0v) is 14.1. The van der Waals surface area contributed by atoms with Gasteiger partial charge in [-0.2, -0.15) is 5.10 Å². The molecule has 0 spiro atoms. The van der Waals surface area contributed by atoms with Gasteiger partial charge in [0.25, 0.3) is 0 Å². The average Bonchev–Trinajstić information content (AvgIpc) is 2.98. The molecule has 0 atom stereocenters. The molecule has 0 radical (unpaired) electrons. The van der Waals surface area contributed by atoms with E-state index < -0.39 is 10.8 Å². The Morgan fingerprint density at radius 2 is 2.10 bits per heavy atom. The van der Waals surface area contributed by atoms with E-state index in [1.54, 1.807) is 0 Å². The third kappa shape index (κ3) is 2.63. The van der Waals surface area contributed by atoms with Crippen LogP contribution >= 0.6 is 11.6 Å². The first-order chi connectivity index (χ1) is 10.2. The number of nitrogens with zero attached hydrogens (tertiary/aromatic N) is 4. The number of hydrogen-bond donors (Lipinski definition) is 0. The van der Waals surface area contributed by atoms with Crippen LogP contribution in [0.15, 0.2) is 0 Å². The number of rotatable bonds is 4. The Bertz CT molecular complexity index is 668. The van der Waals surface area contributed by atoms with Crippen molar-refractivity contribution in [2.75, 3.05) is 17.4 Å². The number of aryl methyl sites for hydroxylation is 3. The van der Waals surface area contributed by atoms with Gasteiger partial charge in [0.1, 0.15) is 11.3 Å². The van der Waals surface area contributed by atoms with Crippen molar-refractivity contribution in [1.29, 1.82) is 0 Å². The van der Waals surface area contributed by atoms with E-state index in [0.29, 0.717) is 11.9 Å². The standard InChI is InChI=1S/C14H21ClN4OS/c1-3-11-13-14(18(2)17-11)19(12(16-13)4-7-15)10-5-8-21(20)9-6-10/h10H,3-9H2,1-2H3. The smallest absolute Gasteiger partial charge is 0.158 e. The van der Waals surface area contributed by atoms with Crippen molar-refractivity contribution >= 4 is 33.6 Å². The number of halogens is 1. The molecule has 7 heteroatoms. The van der Waals surface area contributed by atoms with Crippen molar-refractivity contribution in [2.24, 2.45) is 7.05 Å². The molecule has 0 bridgehead atoms. The molecule has 1 fully saturated rings. The molecular formula is C14H21ClN4OS. The molecule has 5 nitrogen and oxygen atoms in total. The van der Waals surface area contributed by atoms with Crippen LogP contribution in [-0.2, 0) is 30.7 Å². The van der Waals surface area contributed by atoms with E-state index in [0.717, 1.165) is 59.9 Å². The second-order valence-electron chi connectivity index (χ2n) is 5.51. The zero-order valence-electron chi connectivity index (χ0n) is 12.5. The van der Waals surface area contributed by atoms with E-state index in [2.05, 4.69) is 16.6 Å². The maximum Gasteiger partial charge on any atom is 0.158 e. The highest BCUT2D eigenvalue weighted by molar-refractivity contribution is 7.85. The summed E-state index contributed by atoms with van der Waals surface area (Å²) in [5.74, 6) is 3.17. The van der Waals surface area contributed by atoms with Crippen LogP contribution in [0.1, 0.15) is 37.3 Å². The van der Waals surface area contributed by atoms with Crippen molar-refractivity contribution in [2.45, 2.75) is 38.6 Å². The van der Waals surface area contributed by atoms with E-state index in [4.69, 9.17) is 16.6 Å². The second-order valence-corrected chi connectivity index (χ2v) is 7.59. The molecule has 0 unspecified atom stereocenters. The Hall–Kier alpha value is -0.880. The van der Waals surface area contributed by atoms with Crippen molar-refractivity contribution in [3.8, 4) is 0 Å². The molecule has 0 aromatic carbocycles. The van der Waals surface area contributed by atoms with Gasteiger partial charge in [0.05, 0.1) is 5.69 Å². The quantitative estimate of drug-likeness (QED) is 0.808. The Kier molecular flexibility index (Phi) is 4.36. The van der Waals surface area contributed by atoms with Crippen molar-refractivity contribution in [1.82, 2.24) is 19.3 Å². The SMILES string of the molecule is CCc1nn(C)c2c1nc(CCCl)n2C1CCS(=O)CC1. The highest BCUT2D eigenvalue weighted by Gasteiger charge is 2.26. The molecule has 0 aliphatic carbocycles. The van der Waals surface area contributed by atoms with Gasteiger partial charge in [0, 0.05) is 47.7 Å². The molecule has 2 aromatic rings. The zero-order chi connectivity index (χ0) is 15.0. The lowest BCUT2D eigenvalue weighted by atomic mass is 10.1. The van der Waals surface area contributed by atoms with Gasteiger partial charge < -0.3 is 4.57 Å². The fourth-order valence-electron chi connectivity index (χ4n) is 3.17. The third-order valence-electron chi connectivity index (χ3n) is 4.19. The van der Waals surface area contributed by atoms with Gasteiger partial charge >= 0.3 is 0 Å². The monoisotopic (exact) mass is 328 g/mol. The summed E-state index contributed by atoms with van der Waals surface area (Å²) in [5, 5.41) is 4.58. The molecule has 1 aliphatic heterocycles. The lowest BCUT2D eigenvalue weighted by molar-refractivity contribution is 0.451. The normalized spacial score (nSPS) is 23.0. The minimum absolute atomic E-state index is 0.367. The molecule has 21 heavy (non-hydrogen) atoms. The van der Waals surface area contributed by atoms with Gasteiger partial charge in [-0.1, -0.05) is 6.92 Å². The molecule has 1 saturated heterocycles. The molecular weight excluding hydrogens is 308 g/mol. The molecule has 3 rings (SSSR count). The van der Waals surface area contributed by atoms with Crippen LogP contribution in [0.2, 0.25) is 0 Å². The fraction of sp³-hybridized carbons (Fsp3) is 0.714. The lowest BCUT2D eigenvalue weighted by Crippen LogP contribution is -2.24. The van der Waals surface area contributed by atoms with Crippen LogP contribution in [0.5, 0.6) is 0 Å². The minimum atomic E-state index is -0.651. The van der Waals surface area contributed by atoms with Gasteiger partial charge in [-0.3, -0.25) is 8.89 Å². The first-order valence-electron chi connectivity index (χ1n) is 7.49. The summed E-state index contributed by atoms with van der Waals surface area (Å²) in [5.41, 5.74) is 3.14. The van der Waals surface area contributed by atoms with Gasteiger partial charge in [0.15, 0.2) is 5.65 Å². The van der Waals surface area contributed by atoms with Crippen LogP contribution in [0.4, 0.5) is 0 Å². The molecule has 0 N–H and O–H groups in total. The van der Waals surface area contributed by atoms with Crippen molar-refractivity contribution < 1.29 is 4.21 Å². The molecule has 0 amide bonds. The molecule has 0 saturated carbocycles. The van der Waals surface area contributed by atoms with Crippen molar-refractivity contribution in [3.05, 3.63) is 11.5 Å². The number of aromatic nitrogens is 4. The van der Waals surface area contributed by atoms with Gasteiger partial charge in [0.2, 0.25) is 0 Å². The largest absolute Gasteiger partial charge is 0.310 e. The van der Waals surface area contributed by atoms with Gasteiger partial charge in [-0.15, -0.1) is 11.6 Å². The number of alkyl halides is 1. The van der Waals surface area contributed by atoms with Crippen LogP contribution in [-0.4, -0.2) is 40.9 Å². The Morgan fingerprint density at radius 3 is 2.71 bits per heavy atom. The van der Waals surface area contributed by atoms with E-state index >= 15 is 0 Å². The third-order valence-corrected chi connectivity index (χ3v) is 5.76. The predicted molar refractivity (Wildman–Crippen MR) is 86.4 cm³/mol. The van der Waals surface area contributed by atoms with Crippen LogP contribution in [0.3, 0.4) is 0 Å². The topological polar surface area (TPSA) is 52.7 Å². The predicted octanol–water partition coefficient (Wildman–Crippen LogP) is 2.20. The molecule has 2 aromatic heterocycles. The molecule has 1 aliphatic rings. The highest BCUT2D eigenvalue weighted by atomic mass is 35.5. The summed E-state index contributed by atoms with van der Waals surface area (Å²) in [6.07, 6.45) is 3.53. The number of fused-ring (bicyclic) bond motifs is 1. The Labute approximate surface area is 132 Å². The summed E-state index contributed by atoms with van der Waals surface area (Å²) in [6, 6.07) is 0.367. The average molecular weight is 329 g/mol. The molecule has 3 heterocycles. The van der Waals surface area contributed by atoms with E-state index in [-0.39, 0.29) is 0 Å². The minimum Gasteiger partial charge on any atom is -0.310 e. The summed E-state index contributed by atoms with van der Waals surface area (Å²) >= 11 is 5.95. The lowest BCUT2D eigenvalue weighted by Gasteiger charge is -2.25. The Balaban J connectivity index is 2.11. The van der Waals surface area contributed by atoms with E-state index in [1.807, 2.05) is 11.7 Å². The van der Waals surface area contributed by atoms with Crippen molar-refractivity contribution in [3.63, 3.8) is 0 Å². The van der Waals surface area contributed by atoms with Gasteiger partial charge in [-0.25, -0.2) is 4.98 Å². The second kappa shape index (κ2) is 6.08. The first-order valence-corrected chi connectivity index (χ1v) is 9.51. The van der Waals surface area contributed by atoms with Crippen LogP contribution in [0, 0.1) is 0 Å². The fourth-order valence-corrected chi connectivity index (χ4v) is 4.61. The molecule has 116 valence electrons. The summed E-state index contributed by atoms with van der Waals surface area (Å²) in [7, 11) is 1.33. The maximum atomic E-state index is 11.6. The van der Waals surface area contributed by atoms with E-state index in [9.17, 15) is 4.21 Å². The summed E-state index contributed by atoms with van der Waals surface area (Å²) < 4.78 is 15.9. The number of imidazole rings is 1. The van der Waals surface area contributed by atoms with Gasteiger partial charge in [-0.05, 0) is 19.3 Å². The summed E-state index contributed by atoms with van der Waals surface area (Å²) in [6.45, 7) is 2.10. The van der Waals surface area contributed by atoms with Crippen LogP contribution < -0.4 is 0 Å². The Morgan fingerprint density at radius 1 is 1.38 bits per heavy atom. The van der Waals surface area contributed by atoms with Crippen LogP contribution in [0.25, 0.3) is 11.2 Å². The maximum absolute atomic E-state index is 11.6. The van der Waals surface area contributed by atoms with E-state index in [1.165, 1.54) is 0 Å². The number of hydrogen-bond acceptors (Lipinski definition) is 3.